The molecule has 0 fully saturated rings. The number of nitrogens with one attached hydrogen (secondary N) is 1. The molecule has 0 aromatic heterocycles. The van der Waals surface area contributed by atoms with Gasteiger partial charge in [-0.05, 0) is 30.7 Å². The van der Waals surface area contributed by atoms with Crippen LogP contribution < -0.4 is 5.32 Å². The summed E-state index contributed by atoms with van der Waals surface area (Å²) in [6, 6.07) is 13.5. The molecule has 1 N–H and O–H groups in total. The number of halogens is 1. The molecule has 21 heavy (non-hydrogen) atoms. The summed E-state index contributed by atoms with van der Waals surface area (Å²) in [5.41, 5.74) is 3.79. The van der Waals surface area contributed by atoms with Crippen molar-refractivity contribution in [2.45, 2.75) is 13.5 Å². The van der Waals surface area contributed by atoms with E-state index in [-0.39, 0.29) is 5.91 Å². The maximum Gasteiger partial charge on any atom is 0.253 e. The Morgan fingerprint density at radius 3 is 2.62 bits per heavy atom. The zero-order valence-electron chi connectivity index (χ0n) is 12.5. The van der Waals surface area contributed by atoms with E-state index in [1.54, 1.807) is 37.2 Å². The van der Waals surface area contributed by atoms with Crippen LogP contribution in [0, 0.1) is 6.92 Å². The summed E-state index contributed by atoms with van der Waals surface area (Å²) in [6.07, 6.45) is 0. The smallest absolute Gasteiger partial charge is 0.253 e. The fraction of sp³-hybridized carbons (Fsp3) is 0.235. The predicted octanol–water partition coefficient (Wildman–Crippen LogP) is 3.96. The molecular formula is C17H19ClN2O. The van der Waals surface area contributed by atoms with Crippen LogP contribution in [0.4, 0.5) is 5.69 Å². The molecule has 0 saturated heterocycles. The lowest BCUT2D eigenvalue weighted by molar-refractivity contribution is 0.0827. The monoisotopic (exact) mass is 302 g/mol. The number of carbonyl (C=O) groups is 1. The molecule has 1 amide bonds. The standard InChI is InChI=1S/C17H19ClN2O/c1-12-5-4-6-13(9-12)11-19-16-10-14(7-8-15(16)18)17(21)20(2)3/h4-10,19H,11H2,1-3H3. The average Bonchev–Trinajstić information content (AvgIpc) is 2.45. The molecule has 0 atom stereocenters. The first-order chi connectivity index (χ1) is 9.97. The summed E-state index contributed by atoms with van der Waals surface area (Å²) >= 11 is 6.19. The number of hydrogen-bond acceptors (Lipinski definition) is 2. The Hall–Kier alpha value is -2.00. The Labute approximate surface area is 130 Å². The Kier molecular flexibility index (Phi) is 4.86. The van der Waals surface area contributed by atoms with Crippen LogP contribution >= 0.6 is 11.6 Å². The number of aryl methyl sites for hydroxylation is 1. The molecule has 2 aromatic carbocycles. The summed E-state index contributed by atoms with van der Waals surface area (Å²) in [4.78, 5) is 13.5. The summed E-state index contributed by atoms with van der Waals surface area (Å²) < 4.78 is 0. The number of hydrogen-bond donors (Lipinski definition) is 1. The highest BCUT2D eigenvalue weighted by Gasteiger charge is 2.10. The van der Waals surface area contributed by atoms with Crippen LogP contribution in [0.3, 0.4) is 0 Å². The van der Waals surface area contributed by atoms with Crippen LogP contribution in [0.1, 0.15) is 21.5 Å². The first-order valence-electron chi connectivity index (χ1n) is 6.78. The zero-order valence-corrected chi connectivity index (χ0v) is 13.2. The van der Waals surface area contributed by atoms with Crippen molar-refractivity contribution < 1.29 is 4.79 Å². The van der Waals surface area contributed by atoms with Gasteiger partial charge in [0, 0.05) is 26.2 Å². The second-order valence-electron chi connectivity index (χ2n) is 5.24. The molecule has 4 heteroatoms. The van der Waals surface area contributed by atoms with Crippen molar-refractivity contribution in [3.8, 4) is 0 Å². The van der Waals surface area contributed by atoms with E-state index in [1.165, 1.54) is 11.1 Å². The van der Waals surface area contributed by atoms with Crippen LogP contribution in [-0.2, 0) is 6.54 Å². The van der Waals surface area contributed by atoms with Gasteiger partial charge in [0.2, 0.25) is 0 Å². The lowest BCUT2D eigenvalue weighted by Gasteiger charge is -2.13. The van der Waals surface area contributed by atoms with Crippen molar-refractivity contribution in [2.24, 2.45) is 0 Å². The van der Waals surface area contributed by atoms with Gasteiger partial charge in [-0.3, -0.25) is 4.79 Å². The second kappa shape index (κ2) is 6.64. The Bertz CT molecular complexity index is 653. The maximum atomic E-state index is 12.0. The highest BCUT2D eigenvalue weighted by molar-refractivity contribution is 6.33. The van der Waals surface area contributed by atoms with Crippen LogP contribution in [0.5, 0.6) is 0 Å². The Morgan fingerprint density at radius 2 is 1.95 bits per heavy atom. The minimum atomic E-state index is -0.0368. The molecular weight excluding hydrogens is 284 g/mol. The zero-order chi connectivity index (χ0) is 15.4. The van der Waals surface area contributed by atoms with Crippen molar-refractivity contribution in [2.75, 3.05) is 19.4 Å². The topological polar surface area (TPSA) is 32.3 Å². The summed E-state index contributed by atoms with van der Waals surface area (Å²) in [5.74, 6) is -0.0368. The molecule has 0 aliphatic heterocycles. The van der Waals surface area contributed by atoms with Gasteiger partial charge < -0.3 is 10.2 Å². The van der Waals surface area contributed by atoms with E-state index in [9.17, 15) is 4.79 Å². The highest BCUT2D eigenvalue weighted by atomic mass is 35.5. The third-order valence-corrected chi connectivity index (χ3v) is 3.51. The lowest BCUT2D eigenvalue weighted by atomic mass is 10.1. The fourth-order valence-electron chi connectivity index (χ4n) is 2.07. The Balaban J connectivity index is 2.16. The van der Waals surface area contributed by atoms with Crippen LogP contribution in [0.15, 0.2) is 42.5 Å². The molecule has 0 spiro atoms. The molecule has 110 valence electrons. The van der Waals surface area contributed by atoms with Crippen LogP contribution in [0.2, 0.25) is 5.02 Å². The van der Waals surface area contributed by atoms with Gasteiger partial charge in [0.25, 0.3) is 5.91 Å². The predicted molar refractivity (Wildman–Crippen MR) is 88.0 cm³/mol. The van der Waals surface area contributed by atoms with E-state index in [2.05, 4.69) is 30.4 Å². The van der Waals surface area contributed by atoms with Gasteiger partial charge in [-0.25, -0.2) is 0 Å². The first-order valence-corrected chi connectivity index (χ1v) is 7.16. The van der Waals surface area contributed by atoms with Crippen molar-refractivity contribution in [1.29, 1.82) is 0 Å². The molecule has 0 bridgehead atoms. The van der Waals surface area contributed by atoms with E-state index >= 15 is 0 Å². The summed E-state index contributed by atoms with van der Waals surface area (Å²) in [5, 5.41) is 3.90. The van der Waals surface area contributed by atoms with E-state index in [1.807, 2.05) is 6.07 Å². The van der Waals surface area contributed by atoms with Crippen LogP contribution in [-0.4, -0.2) is 24.9 Å². The van der Waals surface area contributed by atoms with Crippen molar-refractivity contribution in [3.05, 3.63) is 64.2 Å². The van der Waals surface area contributed by atoms with Gasteiger partial charge in [0.05, 0.1) is 10.7 Å². The summed E-state index contributed by atoms with van der Waals surface area (Å²) in [6.45, 7) is 2.73. The number of rotatable bonds is 4. The van der Waals surface area contributed by atoms with E-state index in [4.69, 9.17) is 11.6 Å². The molecule has 0 aliphatic carbocycles. The number of nitrogens with zero attached hydrogens (tertiary/aromatic N) is 1. The molecule has 0 aliphatic rings. The molecule has 0 heterocycles. The van der Waals surface area contributed by atoms with Gasteiger partial charge in [-0.1, -0.05) is 41.4 Å². The summed E-state index contributed by atoms with van der Waals surface area (Å²) in [7, 11) is 3.47. The van der Waals surface area contributed by atoms with Gasteiger partial charge in [-0.2, -0.15) is 0 Å². The molecule has 2 aromatic rings. The molecule has 0 radical (unpaired) electrons. The molecule has 3 nitrogen and oxygen atoms in total. The normalized spacial score (nSPS) is 10.3. The van der Waals surface area contributed by atoms with E-state index < -0.39 is 0 Å². The quantitative estimate of drug-likeness (QED) is 0.927. The van der Waals surface area contributed by atoms with Gasteiger partial charge in [-0.15, -0.1) is 0 Å². The third-order valence-electron chi connectivity index (χ3n) is 3.18. The molecule has 0 unspecified atom stereocenters. The number of benzene rings is 2. The number of carbonyl (C=O) groups excluding carboxylic acids is 1. The maximum absolute atomic E-state index is 12.0. The average molecular weight is 303 g/mol. The highest BCUT2D eigenvalue weighted by Crippen LogP contribution is 2.24. The molecule has 0 saturated carbocycles. The number of anilines is 1. The van der Waals surface area contributed by atoms with Gasteiger partial charge >= 0.3 is 0 Å². The van der Waals surface area contributed by atoms with Crippen molar-refractivity contribution in [3.63, 3.8) is 0 Å². The lowest BCUT2D eigenvalue weighted by Crippen LogP contribution is -2.21. The largest absolute Gasteiger partial charge is 0.380 e. The van der Waals surface area contributed by atoms with E-state index in [0.29, 0.717) is 17.1 Å². The fourth-order valence-corrected chi connectivity index (χ4v) is 2.26. The van der Waals surface area contributed by atoms with Crippen molar-refractivity contribution >= 4 is 23.2 Å². The van der Waals surface area contributed by atoms with E-state index in [0.717, 1.165) is 5.69 Å². The second-order valence-corrected chi connectivity index (χ2v) is 5.64. The minimum absolute atomic E-state index is 0.0368. The number of amides is 1. The van der Waals surface area contributed by atoms with Crippen molar-refractivity contribution in [1.82, 2.24) is 4.90 Å². The van der Waals surface area contributed by atoms with Gasteiger partial charge in [0.1, 0.15) is 0 Å². The first kappa shape index (κ1) is 15.4. The SMILES string of the molecule is Cc1cccc(CNc2cc(C(=O)N(C)C)ccc2Cl)c1. The molecule has 2 rings (SSSR count). The van der Waals surface area contributed by atoms with Crippen LogP contribution in [0.25, 0.3) is 0 Å². The third kappa shape index (κ3) is 3.99. The Morgan fingerprint density at radius 1 is 1.19 bits per heavy atom. The van der Waals surface area contributed by atoms with Gasteiger partial charge in [0.15, 0.2) is 0 Å². The minimum Gasteiger partial charge on any atom is -0.380 e.